The lowest BCUT2D eigenvalue weighted by Crippen LogP contribution is -2.10. The zero-order valence-electron chi connectivity index (χ0n) is 14.2. The van der Waals surface area contributed by atoms with Crippen molar-refractivity contribution in [1.29, 1.82) is 0 Å². The molecule has 2 rings (SSSR count). The Bertz CT molecular complexity index is 776. The summed E-state index contributed by atoms with van der Waals surface area (Å²) in [4.78, 5) is 11.6. The minimum atomic E-state index is -2.68. The highest BCUT2D eigenvalue weighted by Gasteiger charge is 2.18. The van der Waals surface area contributed by atoms with Crippen molar-refractivity contribution in [3.63, 3.8) is 0 Å². The van der Waals surface area contributed by atoms with Crippen molar-refractivity contribution in [2.45, 2.75) is 40.2 Å². The van der Waals surface area contributed by atoms with Crippen molar-refractivity contribution >= 4 is 17.6 Å². The van der Waals surface area contributed by atoms with Crippen LogP contribution in [-0.4, -0.2) is 5.97 Å². The Morgan fingerprint density at radius 3 is 2.52 bits per heavy atom. The molecule has 134 valence electrons. The van der Waals surface area contributed by atoms with Crippen LogP contribution in [0.2, 0.25) is 5.02 Å². The van der Waals surface area contributed by atoms with Gasteiger partial charge in [-0.1, -0.05) is 30.7 Å². The quantitative estimate of drug-likeness (QED) is 0.478. The minimum Gasteiger partial charge on any atom is -0.488 e. The molecule has 0 N–H and O–H groups in total. The number of rotatable bonds is 6. The molecule has 0 aromatic heterocycles. The number of hydrogen-bond acceptors (Lipinski definition) is 3. The number of halogens is 3. The maximum Gasteiger partial charge on any atom is 0.310 e. The zero-order valence-corrected chi connectivity index (χ0v) is 15.0. The molecule has 0 saturated carbocycles. The summed E-state index contributed by atoms with van der Waals surface area (Å²) in [7, 11) is 0. The van der Waals surface area contributed by atoms with Gasteiger partial charge in [-0.3, -0.25) is 4.79 Å². The lowest BCUT2D eigenvalue weighted by molar-refractivity contribution is -0.134. The van der Waals surface area contributed by atoms with E-state index >= 15 is 0 Å². The SMILES string of the molecule is CCC(=O)Oc1cccc(C)c1COc1cc(Cl)c(C)cc1C(F)F. The van der Waals surface area contributed by atoms with E-state index in [9.17, 15) is 13.6 Å². The Balaban J connectivity index is 2.30. The lowest BCUT2D eigenvalue weighted by atomic mass is 10.1. The van der Waals surface area contributed by atoms with Crippen molar-refractivity contribution in [1.82, 2.24) is 0 Å². The number of carbonyl (C=O) groups excluding carboxylic acids is 1. The predicted molar refractivity (Wildman–Crippen MR) is 92.6 cm³/mol. The molecule has 0 radical (unpaired) electrons. The van der Waals surface area contributed by atoms with Gasteiger partial charge in [0.1, 0.15) is 18.1 Å². The second-order valence-corrected chi connectivity index (χ2v) is 6.02. The molecule has 0 unspecified atom stereocenters. The molecule has 2 aromatic carbocycles. The first-order valence-electron chi connectivity index (χ1n) is 7.83. The first-order valence-corrected chi connectivity index (χ1v) is 8.21. The number of esters is 1. The number of aryl methyl sites for hydroxylation is 2. The molecule has 0 aliphatic heterocycles. The van der Waals surface area contributed by atoms with E-state index in [1.165, 1.54) is 12.1 Å². The van der Waals surface area contributed by atoms with Crippen molar-refractivity contribution in [2.75, 3.05) is 0 Å². The minimum absolute atomic E-state index is 0.0154. The van der Waals surface area contributed by atoms with Crippen molar-refractivity contribution in [3.05, 3.63) is 57.6 Å². The van der Waals surface area contributed by atoms with Gasteiger partial charge in [-0.05, 0) is 43.2 Å². The Morgan fingerprint density at radius 1 is 1.16 bits per heavy atom. The van der Waals surface area contributed by atoms with Crippen molar-refractivity contribution < 1.29 is 23.0 Å². The molecule has 0 atom stereocenters. The fraction of sp³-hybridized carbons (Fsp3) is 0.316. The van der Waals surface area contributed by atoms with Crippen LogP contribution in [0.3, 0.4) is 0 Å². The molecule has 0 aliphatic carbocycles. The summed E-state index contributed by atoms with van der Waals surface area (Å²) < 4.78 is 37.4. The highest BCUT2D eigenvalue weighted by Crippen LogP contribution is 2.35. The zero-order chi connectivity index (χ0) is 18.6. The van der Waals surface area contributed by atoms with Gasteiger partial charge < -0.3 is 9.47 Å². The molecular weight excluding hydrogens is 350 g/mol. The number of benzene rings is 2. The van der Waals surface area contributed by atoms with E-state index in [1.54, 1.807) is 26.0 Å². The maximum absolute atomic E-state index is 13.2. The summed E-state index contributed by atoms with van der Waals surface area (Å²) in [5, 5.41) is 0.349. The molecule has 25 heavy (non-hydrogen) atoms. The normalized spacial score (nSPS) is 10.8. The average Bonchev–Trinajstić information content (AvgIpc) is 2.56. The standard InChI is InChI=1S/C19H19ClF2O3/c1-4-18(23)25-16-7-5-6-11(2)14(16)10-24-17-9-15(20)12(3)8-13(17)19(21)22/h5-9,19H,4,10H2,1-3H3. The van der Waals surface area contributed by atoms with E-state index in [0.717, 1.165) is 5.56 Å². The average molecular weight is 369 g/mol. The Labute approximate surface area is 150 Å². The largest absolute Gasteiger partial charge is 0.488 e. The topological polar surface area (TPSA) is 35.5 Å². The molecule has 6 heteroatoms. The number of hydrogen-bond donors (Lipinski definition) is 0. The molecule has 0 heterocycles. The molecule has 2 aromatic rings. The van der Waals surface area contributed by atoms with Gasteiger partial charge >= 0.3 is 5.97 Å². The summed E-state index contributed by atoms with van der Waals surface area (Å²) in [5.74, 6) is 0.00350. The van der Waals surface area contributed by atoms with Gasteiger partial charge in [-0.15, -0.1) is 0 Å². The van der Waals surface area contributed by atoms with E-state index in [-0.39, 0.29) is 30.3 Å². The van der Waals surface area contributed by atoms with E-state index < -0.39 is 6.43 Å². The van der Waals surface area contributed by atoms with Gasteiger partial charge in [0, 0.05) is 17.0 Å². The number of ether oxygens (including phenoxy) is 2. The second-order valence-electron chi connectivity index (χ2n) is 5.61. The number of alkyl halides is 2. The lowest BCUT2D eigenvalue weighted by Gasteiger charge is -2.16. The fourth-order valence-corrected chi connectivity index (χ4v) is 2.44. The molecule has 0 fully saturated rings. The van der Waals surface area contributed by atoms with Crippen LogP contribution in [0.25, 0.3) is 0 Å². The van der Waals surface area contributed by atoms with Crippen LogP contribution in [0.15, 0.2) is 30.3 Å². The van der Waals surface area contributed by atoms with Crippen LogP contribution in [0.5, 0.6) is 11.5 Å². The third-order valence-corrected chi connectivity index (χ3v) is 4.19. The second kappa shape index (κ2) is 8.30. The molecule has 0 spiro atoms. The molecule has 3 nitrogen and oxygen atoms in total. The van der Waals surface area contributed by atoms with Gasteiger partial charge in [0.15, 0.2) is 0 Å². The smallest absolute Gasteiger partial charge is 0.310 e. The summed E-state index contributed by atoms with van der Waals surface area (Å²) in [6.07, 6.45) is -2.45. The van der Waals surface area contributed by atoms with Crippen LogP contribution in [-0.2, 0) is 11.4 Å². The summed E-state index contributed by atoms with van der Waals surface area (Å²) in [6, 6.07) is 7.94. The Hall–Kier alpha value is -2.14. The van der Waals surface area contributed by atoms with Gasteiger partial charge in [0.25, 0.3) is 6.43 Å². The highest BCUT2D eigenvalue weighted by molar-refractivity contribution is 6.31. The van der Waals surface area contributed by atoms with Crippen LogP contribution < -0.4 is 9.47 Å². The van der Waals surface area contributed by atoms with Crippen LogP contribution in [0, 0.1) is 13.8 Å². The van der Waals surface area contributed by atoms with E-state index in [4.69, 9.17) is 21.1 Å². The summed E-state index contributed by atoms with van der Waals surface area (Å²) in [6.45, 7) is 5.16. The van der Waals surface area contributed by atoms with Crippen LogP contribution >= 0.6 is 11.6 Å². The summed E-state index contributed by atoms with van der Waals surface area (Å²) in [5.41, 5.74) is 1.79. The molecule has 0 amide bonds. The van der Waals surface area contributed by atoms with Crippen molar-refractivity contribution in [2.24, 2.45) is 0 Å². The molecule has 0 saturated heterocycles. The predicted octanol–water partition coefficient (Wildman–Crippen LogP) is 5.79. The van der Waals surface area contributed by atoms with Crippen LogP contribution in [0.4, 0.5) is 8.78 Å². The third kappa shape index (κ3) is 4.69. The van der Waals surface area contributed by atoms with Gasteiger partial charge in [-0.2, -0.15) is 0 Å². The number of carbonyl (C=O) groups is 1. The Kier molecular flexibility index (Phi) is 6.37. The summed E-state index contributed by atoms with van der Waals surface area (Å²) >= 11 is 6.03. The maximum atomic E-state index is 13.2. The van der Waals surface area contributed by atoms with Crippen molar-refractivity contribution in [3.8, 4) is 11.5 Å². The van der Waals surface area contributed by atoms with E-state index in [2.05, 4.69) is 0 Å². The Morgan fingerprint density at radius 2 is 1.88 bits per heavy atom. The first-order chi connectivity index (χ1) is 11.8. The molecular formula is C19H19ClF2O3. The van der Waals surface area contributed by atoms with Gasteiger partial charge in [0.2, 0.25) is 0 Å². The molecule has 0 bridgehead atoms. The van der Waals surface area contributed by atoms with Gasteiger partial charge in [-0.25, -0.2) is 8.78 Å². The monoisotopic (exact) mass is 368 g/mol. The van der Waals surface area contributed by atoms with E-state index in [0.29, 0.717) is 21.9 Å². The third-order valence-electron chi connectivity index (χ3n) is 3.78. The first kappa shape index (κ1) is 19.2. The molecule has 0 aliphatic rings. The van der Waals surface area contributed by atoms with E-state index in [1.807, 2.05) is 13.0 Å². The van der Waals surface area contributed by atoms with Crippen LogP contribution in [0.1, 0.15) is 42.0 Å². The highest BCUT2D eigenvalue weighted by atomic mass is 35.5. The van der Waals surface area contributed by atoms with Gasteiger partial charge in [0.05, 0.1) is 5.56 Å². The fourth-order valence-electron chi connectivity index (χ4n) is 2.28.